The first-order valence-corrected chi connectivity index (χ1v) is 7.31. The van der Waals surface area contributed by atoms with Gasteiger partial charge in [0, 0.05) is 50.0 Å². The van der Waals surface area contributed by atoms with Crippen molar-refractivity contribution >= 4 is 5.91 Å². The van der Waals surface area contributed by atoms with Crippen molar-refractivity contribution in [2.45, 2.75) is 63.6 Å². The molecule has 19 heavy (non-hydrogen) atoms. The lowest BCUT2D eigenvalue weighted by molar-refractivity contribution is -0.162. The fraction of sp³-hybridized carbons (Fsp3) is 0.929. The summed E-state index contributed by atoms with van der Waals surface area (Å²) < 4.78 is 25.7. The number of nitrogens with zero attached hydrogens (tertiary/aromatic N) is 2. The van der Waals surface area contributed by atoms with Gasteiger partial charge in [-0.2, -0.15) is 0 Å². The SMILES string of the molecule is CC(C)N1C2CCC1CN(C(=O)C1CC(F)(F)C1)C2. The molecule has 2 unspecified atom stereocenters. The molecule has 1 amide bonds. The summed E-state index contributed by atoms with van der Waals surface area (Å²) in [7, 11) is 0. The molecule has 0 radical (unpaired) electrons. The standard InChI is InChI=1S/C14H22F2N2O/c1-9(2)18-11-3-4-12(18)8-17(7-11)13(19)10-5-14(15,16)6-10/h9-12H,3-8H2,1-2H3. The highest BCUT2D eigenvalue weighted by atomic mass is 19.3. The van der Waals surface area contributed by atoms with E-state index in [9.17, 15) is 13.6 Å². The molecule has 0 spiro atoms. The van der Waals surface area contributed by atoms with Crippen LogP contribution in [0.2, 0.25) is 0 Å². The molecule has 3 nitrogen and oxygen atoms in total. The lowest BCUT2D eigenvalue weighted by Crippen LogP contribution is -2.59. The summed E-state index contributed by atoms with van der Waals surface area (Å²) in [5.74, 6) is -3.06. The number of amides is 1. The first-order valence-electron chi connectivity index (χ1n) is 7.31. The second-order valence-corrected chi connectivity index (χ2v) is 6.63. The van der Waals surface area contributed by atoms with Gasteiger partial charge in [-0.1, -0.05) is 0 Å². The number of halogens is 2. The fourth-order valence-electron chi connectivity index (χ4n) is 4.05. The Morgan fingerprint density at radius 1 is 1.16 bits per heavy atom. The van der Waals surface area contributed by atoms with Crippen LogP contribution in [-0.4, -0.2) is 52.8 Å². The molecular weight excluding hydrogens is 250 g/mol. The molecule has 0 N–H and O–H groups in total. The molecule has 0 aromatic rings. The maximum atomic E-state index is 12.9. The number of hydrogen-bond acceptors (Lipinski definition) is 2. The minimum Gasteiger partial charge on any atom is -0.339 e. The summed E-state index contributed by atoms with van der Waals surface area (Å²) in [5, 5.41) is 0. The van der Waals surface area contributed by atoms with E-state index >= 15 is 0 Å². The molecule has 3 fully saturated rings. The average molecular weight is 272 g/mol. The number of piperazine rings is 1. The Kier molecular flexibility index (Phi) is 3.08. The minimum absolute atomic E-state index is 0.0359. The van der Waals surface area contributed by atoms with Gasteiger partial charge in [0.15, 0.2) is 0 Å². The number of fused-ring (bicyclic) bond motifs is 2. The van der Waals surface area contributed by atoms with Gasteiger partial charge in [-0.05, 0) is 26.7 Å². The van der Waals surface area contributed by atoms with Gasteiger partial charge in [0.05, 0.1) is 0 Å². The molecule has 2 saturated heterocycles. The highest BCUT2D eigenvalue weighted by Gasteiger charge is 2.51. The van der Waals surface area contributed by atoms with E-state index in [0.717, 1.165) is 25.9 Å². The van der Waals surface area contributed by atoms with E-state index in [4.69, 9.17) is 0 Å². The predicted molar refractivity (Wildman–Crippen MR) is 68.0 cm³/mol. The van der Waals surface area contributed by atoms with Crippen LogP contribution >= 0.6 is 0 Å². The third-order valence-electron chi connectivity index (χ3n) is 4.89. The van der Waals surface area contributed by atoms with E-state index in [-0.39, 0.29) is 18.7 Å². The van der Waals surface area contributed by atoms with E-state index in [2.05, 4.69) is 18.7 Å². The first-order chi connectivity index (χ1) is 8.87. The van der Waals surface area contributed by atoms with Crippen LogP contribution in [0.5, 0.6) is 0 Å². The third kappa shape index (κ3) is 2.26. The lowest BCUT2D eigenvalue weighted by atomic mass is 9.80. The molecule has 0 aromatic heterocycles. The maximum absolute atomic E-state index is 12.9. The van der Waals surface area contributed by atoms with Crippen LogP contribution in [0.1, 0.15) is 39.5 Å². The number of likely N-dealkylation sites (tertiary alicyclic amines) is 1. The molecule has 2 bridgehead atoms. The molecule has 3 aliphatic rings. The van der Waals surface area contributed by atoms with Gasteiger partial charge in [-0.15, -0.1) is 0 Å². The van der Waals surface area contributed by atoms with E-state index < -0.39 is 11.8 Å². The monoisotopic (exact) mass is 272 g/mol. The molecule has 2 heterocycles. The summed E-state index contributed by atoms with van der Waals surface area (Å²) in [6.45, 7) is 5.84. The van der Waals surface area contributed by atoms with Crippen LogP contribution in [0.4, 0.5) is 8.78 Å². The van der Waals surface area contributed by atoms with Gasteiger partial charge in [0.2, 0.25) is 11.8 Å². The quantitative estimate of drug-likeness (QED) is 0.768. The zero-order valence-corrected chi connectivity index (χ0v) is 11.6. The Bertz CT molecular complexity index is 364. The van der Waals surface area contributed by atoms with Crippen molar-refractivity contribution < 1.29 is 13.6 Å². The van der Waals surface area contributed by atoms with E-state index in [0.29, 0.717) is 18.1 Å². The Labute approximate surface area is 112 Å². The lowest BCUT2D eigenvalue weighted by Gasteiger charge is -2.45. The Morgan fingerprint density at radius 2 is 1.68 bits per heavy atom. The molecule has 1 saturated carbocycles. The topological polar surface area (TPSA) is 23.6 Å². The average Bonchev–Trinajstić information content (AvgIpc) is 2.56. The molecule has 108 valence electrons. The van der Waals surface area contributed by atoms with Gasteiger partial charge in [0.1, 0.15) is 0 Å². The number of rotatable bonds is 2. The second-order valence-electron chi connectivity index (χ2n) is 6.63. The number of carbonyl (C=O) groups excluding carboxylic acids is 1. The summed E-state index contributed by atoms with van der Waals surface area (Å²) >= 11 is 0. The van der Waals surface area contributed by atoms with Crippen molar-refractivity contribution in [2.24, 2.45) is 5.92 Å². The minimum atomic E-state index is -2.60. The molecule has 0 aromatic carbocycles. The largest absolute Gasteiger partial charge is 0.339 e. The van der Waals surface area contributed by atoms with Crippen LogP contribution < -0.4 is 0 Å². The smallest absolute Gasteiger partial charge is 0.249 e. The number of carbonyl (C=O) groups is 1. The van der Waals surface area contributed by atoms with Gasteiger partial charge in [-0.3, -0.25) is 9.69 Å². The van der Waals surface area contributed by atoms with Crippen LogP contribution in [0, 0.1) is 5.92 Å². The summed E-state index contributed by atoms with van der Waals surface area (Å²) in [4.78, 5) is 16.6. The fourth-order valence-corrected chi connectivity index (χ4v) is 4.05. The molecule has 1 aliphatic carbocycles. The zero-order chi connectivity index (χ0) is 13.8. The van der Waals surface area contributed by atoms with E-state index in [1.54, 1.807) is 0 Å². The Morgan fingerprint density at radius 3 is 2.11 bits per heavy atom. The van der Waals surface area contributed by atoms with Crippen LogP contribution in [0.3, 0.4) is 0 Å². The highest BCUT2D eigenvalue weighted by molar-refractivity contribution is 5.80. The van der Waals surface area contributed by atoms with E-state index in [1.165, 1.54) is 0 Å². The van der Waals surface area contributed by atoms with Crippen LogP contribution in [-0.2, 0) is 4.79 Å². The molecule has 3 rings (SSSR count). The Balaban J connectivity index is 1.62. The van der Waals surface area contributed by atoms with Crippen molar-refractivity contribution in [1.82, 2.24) is 9.80 Å². The number of alkyl halides is 2. The van der Waals surface area contributed by atoms with Gasteiger partial charge < -0.3 is 4.90 Å². The Hall–Kier alpha value is -0.710. The summed E-state index contributed by atoms with van der Waals surface area (Å²) in [5.41, 5.74) is 0. The van der Waals surface area contributed by atoms with Crippen LogP contribution in [0.25, 0.3) is 0 Å². The van der Waals surface area contributed by atoms with Crippen molar-refractivity contribution in [2.75, 3.05) is 13.1 Å². The molecule has 2 aliphatic heterocycles. The summed E-state index contributed by atoms with van der Waals surface area (Å²) in [6, 6.07) is 1.37. The van der Waals surface area contributed by atoms with Gasteiger partial charge in [0.25, 0.3) is 0 Å². The highest BCUT2D eigenvalue weighted by Crippen LogP contribution is 2.44. The molecule has 2 atom stereocenters. The maximum Gasteiger partial charge on any atom is 0.249 e. The first kappa shape index (κ1) is 13.3. The van der Waals surface area contributed by atoms with Gasteiger partial charge in [-0.25, -0.2) is 8.78 Å². The zero-order valence-electron chi connectivity index (χ0n) is 11.6. The normalized spacial score (nSPS) is 34.7. The predicted octanol–water partition coefficient (Wildman–Crippen LogP) is 2.12. The molecular formula is C14H22F2N2O. The summed E-state index contributed by atoms with van der Waals surface area (Å²) in [6.07, 6.45) is 1.78. The van der Waals surface area contributed by atoms with Crippen LogP contribution in [0.15, 0.2) is 0 Å². The van der Waals surface area contributed by atoms with Crippen molar-refractivity contribution in [1.29, 1.82) is 0 Å². The van der Waals surface area contributed by atoms with E-state index in [1.807, 2.05) is 4.90 Å². The molecule has 5 heteroatoms. The van der Waals surface area contributed by atoms with Crippen molar-refractivity contribution in [3.05, 3.63) is 0 Å². The number of hydrogen-bond donors (Lipinski definition) is 0. The second kappa shape index (κ2) is 4.40. The van der Waals surface area contributed by atoms with Gasteiger partial charge >= 0.3 is 0 Å². The van der Waals surface area contributed by atoms with Crippen molar-refractivity contribution in [3.8, 4) is 0 Å². The van der Waals surface area contributed by atoms with Crippen molar-refractivity contribution in [3.63, 3.8) is 0 Å². The third-order valence-corrected chi connectivity index (χ3v) is 4.89.